The van der Waals surface area contributed by atoms with Crippen molar-refractivity contribution in [3.63, 3.8) is 0 Å². The predicted molar refractivity (Wildman–Crippen MR) is 117 cm³/mol. The lowest BCUT2D eigenvalue weighted by Crippen LogP contribution is -2.45. The van der Waals surface area contributed by atoms with Gasteiger partial charge in [-0.05, 0) is 37.8 Å². The molecule has 2 N–H and O–H groups in total. The number of halogens is 1. The molecule has 1 fully saturated rings. The first-order valence-corrected chi connectivity index (χ1v) is 9.79. The second-order valence-electron chi connectivity index (χ2n) is 7.45. The first kappa shape index (κ1) is 21.1. The summed E-state index contributed by atoms with van der Waals surface area (Å²) in [5.41, 5.74) is 8.38. The van der Waals surface area contributed by atoms with Gasteiger partial charge in [-0.1, -0.05) is 42.5 Å². The van der Waals surface area contributed by atoms with Crippen molar-refractivity contribution in [3.05, 3.63) is 66.4 Å². The summed E-state index contributed by atoms with van der Waals surface area (Å²) in [6.07, 6.45) is 3.76. The molecule has 2 unspecified atom stereocenters. The van der Waals surface area contributed by atoms with Crippen LogP contribution in [-0.2, 0) is 0 Å². The number of amides is 1. The molecule has 5 nitrogen and oxygen atoms in total. The fourth-order valence-corrected chi connectivity index (χ4v) is 3.78. The van der Waals surface area contributed by atoms with Crippen LogP contribution >= 0.6 is 12.4 Å². The molecule has 152 valence electrons. The van der Waals surface area contributed by atoms with Crippen LogP contribution in [0.5, 0.6) is 0 Å². The summed E-state index contributed by atoms with van der Waals surface area (Å²) in [6, 6.07) is 17.4. The minimum Gasteiger partial charge on any atom is -0.436 e. The van der Waals surface area contributed by atoms with Crippen molar-refractivity contribution in [3.8, 4) is 22.8 Å². The van der Waals surface area contributed by atoms with Gasteiger partial charge in [-0.3, -0.25) is 4.79 Å². The number of benzene rings is 2. The van der Waals surface area contributed by atoms with Gasteiger partial charge in [0.2, 0.25) is 5.89 Å². The molecule has 1 aliphatic rings. The van der Waals surface area contributed by atoms with Crippen LogP contribution in [0.2, 0.25) is 0 Å². The van der Waals surface area contributed by atoms with Crippen LogP contribution in [0, 0.1) is 5.92 Å². The molecule has 0 aliphatic carbocycles. The normalized spacial score (nSPS) is 17.4. The third-order valence-corrected chi connectivity index (χ3v) is 5.44. The zero-order valence-electron chi connectivity index (χ0n) is 16.5. The van der Waals surface area contributed by atoms with Crippen LogP contribution in [0.15, 0.2) is 65.2 Å². The monoisotopic (exact) mass is 411 g/mol. The van der Waals surface area contributed by atoms with E-state index in [1.807, 2.05) is 66.4 Å². The number of nitrogens with two attached hydrogens (primary N) is 1. The number of hydrogen-bond donors (Lipinski definition) is 1. The Balaban J connectivity index is 0.00000240. The largest absolute Gasteiger partial charge is 0.436 e. The average molecular weight is 412 g/mol. The smallest absolute Gasteiger partial charge is 0.254 e. The average Bonchev–Trinajstić information content (AvgIpc) is 3.24. The molecule has 3 aromatic rings. The third-order valence-electron chi connectivity index (χ3n) is 5.44. The summed E-state index contributed by atoms with van der Waals surface area (Å²) < 4.78 is 5.99. The number of oxazole rings is 1. The Hall–Kier alpha value is -2.63. The number of rotatable bonds is 4. The molecule has 6 heteroatoms. The van der Waals surface area contributed by atoms with Gasteiger partial charge in [0, 0.05) is 30.3 Å². The molecule has 1 aromatic heterocycles. The number of likely N-dealkylation sites (tertiary alicyclic amines) is 1. The topological polar surface area (TPSA) is 72.4 Å². The standard InChI is InChI=1S/C23H25N3O2.ClH/c1-16(24)18-10-7-13-26(15-18)23(27)20-12-6-5-11-19(20)22-25-14-21(28-22)17-8-3-2-4-9-17;/h2-6,8-9,11-12,14,16,18H,7,10,13,15,24H2,1H3;1H. The van der Waals surface area contributed by atoms with E-state index in [4.69, 9.17) is 10.2 Å². The molecule has 0 saturated carbocycles. The van der Waals surface area contributed by atoms with E-state index in [0.29, 0.717) is 29.7 Å². The molecular formula is C23H26ClN3O2. The van der Waals surface area contributed by atoms with Gasteiger partial charge in [0.15, 0.2) is 5.76 Å². The molecule has 29 heavy (non-hydrogen) atoms. The third kappa shape index (κ3) is 4.52. The zero-order chi connectivity index (χ0) is 19.5. The number of hydrogen-bond acceptors (Lipinski definition) is 4. The van der Waals surface area contributed by atoms with E-state index in [2.05, 4.69) is 4.98 Å². The van der Waals surface area contributed by atoms with Crippen molar-refractivity contribution in [2.45, 2.75) is 25.8 Å². The summed E-state index contributed by atoms with van der Waals surface area (Å²) in [6.45, 7) is 3.48. The quantitative estimate of drug-likeness (QED) is 0.679. The van der Waals surface area contributed by atoms with Crippen LogP contribution < -0.4 is 5.73 Å². The fraction of sp³-hybridized carbons (Fsp3) is 0.304. The van der Waals surface area contributed by atoms with Gasteiger partial charge in [-0.15, -0.1) is 12.4 Å². The highest BCUT2D eigenvalue weighted by molar-refractivity contribution is 6.00. The molecule has 2 heterocycles. The summed E-state index contributed by atoms with van der Waals surface area (Å²) in [5.74, 6) is 1.51. The second kappa shape index (κ2) is 9.25. The van der Waals surface area contributed by atoms with E-state index in [-0.39, 0.29) is 24.4 Å². The Labute approximate surface area is 177 Å². The van der Waals surface area contributed by atoms with Gasteiger partial charge >= 0.3 is 0 Å². The maximum Gasteiger partial charge on any atom is 0.254 e. The number of aromatic nitrogens is 1. The van der Waals surface area contributed by atoms with E-state index in [1.54, 1.807) is 6.20 Å². The second-order valence-corrected chi connectivity index (χ2v) is 7.45. The lowest BCUT2D eigenvalue weighted by molar-refractivity contribution is 0.0661. The Morgan fingerprint density at radius 3 is 2.66 bits per heavy atom. The fourth-order valence-electron chi connectivity index (χ4n) is 3.78. The van der Waals surface area contributed by atoms with E-state index in [0.717, 1.165) is 30.5 Å². The summed E-state index contributed by atoms with van der Waals surface area (Å²) >= 11 is 0. The molecule has 0 radical (unpaired) electrons. The van der Waals surface area contributed by atoms with Crippen LogP contribution in [-0.4, -0.2) is 34.9 Å². The minimum atomic E-state index is 0. The van der Waals surface area contributed by atoms with Crippen molar-refractivity contribution in [2.24, 2.45) is 11.7 Å². The van der Waals surface area contributed by atoms with E-state index < -0.39 is 0 Å². The van der Waals surface area contributed by atoms with Crippen molar-refractivity contribution >= 4 is 18.3 Å². The maximum absolute atomic E-state index is 13.3. The van der Waals surface area contributed by atoms with Gasteiger partial charge < -0.3 is 15.1 Å². The van der Waals surface area contributed by atoms with Gasteiger partial charge in [0.25, 0.3) is 5.91 Å². The first-order valence-electron chi connectivity index (χ1n) is 9.79. The summed E-state index contributed by atoms with van der Waals surface area (Å²) in [4.78, 5) is 19.6. The van der Waals surface area contributed by atoms with Crippen LogP contribution in [0.3, 0.4) is 0 Å². The van der Waals surface area contributed by atoms with Crippen molar-refractivity contribution < 1.29 is 9.21 Å². The van der Waals surface area contributed by atoms with Gasteiger partial charge in [-0.2, -0.15) is 0 Å². The van der Waals surface area contributed by atoms with Crippen molar-refractivity contribution in [1.82, 2.24) is 9.88 Å². The highest BCUT2D eigenvalue weighted by atomic mass is 35.5. The van der Waals surface area contributed by atoms with Crippen LogP contribution in [0.4, 0.5) is 0 Å². The SMILES string of the molecule is CC(N)C1CCCN(C(=O)c2ccccc2-c2ncc(-c3ccccc3)o2)C1.Cl. The number of carbonyl (C=O) groups excluding carboxylic acids is 1. The van der Waals surface area contributed by atoms with Gasteiger partial charge in [-0.25, -0.2) is 4.98 Å². The lowest BCUT2D eigenvalue weighted by atomic mass is 9.91. The molecule has 0 bridgehead atoms. The number of piperidine rings is 1. The first-order chi connectivity index (χ1) is 13.6. The molecule has 0 spiro atoms. The number of carbonyl (C=O) groups is 1. The molecule has 1 aliphatic heterocycles. The Morgan fingerprint density at radius 1 is 1.17 bits per heavy atom. The van der Waals surface area contributed by atoms with Crippen molar-refractivity contribution in [2.75, 3.05) is 13.1 Å². The van der Waals surface area contributed by atoms with E-state index >= 15 is 0 Å². The minimum absolute atomic E-state index is 0. The van der Waals surface area contributed by atoms with E-state index in [1.165, 1.54) is 0 Å². The van der Waals surface area contributed by atoms with E-state index in [9.17, 15) is 4.79 Å². The van der Waals surface area contributed by atoms with Crippen LogP contribution in [0.25, 0.3) is 22.8 Å². The molecule has 1 saturated heterocycles. The summed E-state index contributed by atoms with van der Waals surface area (Å²) in [5, 5.41) is 0. The predicted octanol–water partition coefficient (Wildman–Crippen LogP) is 4.63. The molecule has 4 rings (SSSR count). The molecular weight excluding hydrogens is 386 g/mol. The van der Waals surface area contributed by atoms with Gasteiger partial charge in [0.05, 0.1) is 11.8 Å². The maximum atomic E-state index is 13.3. The summed E-state index contributed by atoms with van der Waals surface area (Å²) in [7, 11) is 0. The number of nitrogens with zero attached hydrogens (tertiary/aromatic N) is 2. The Morgan fingerprint density at radius 2 is 1.90 bits per heavy atom. The Kier molecular flexibility index (Phi) is 6.72. The lowest BCUT2D eigenvalue weighted by Gasteiger charge is -2.34. The van der Waals surface area contributed by atoms with Crippen LogP contribution in [0.1, 0.15) is 30.1 Å². The van der Waals surface area contributed by atoms with Crippen molar-refractivity contribution in [1.29, 1.82) is 0 Å². The highest BCUT2D eigenvalue weighted by Gasteiger charge is 2.28. The highest BCUT2D eigenvalue weighted by Crippen LogP contribution is 2.30. The van der Waals surface area contributed by atoms with Gasteiger partial charge in [0.1, 0.15) is 0 Å². The molecule has 2 aromatic carbocycles. The molecule has 1 amide bonds. The zero-order valence-corrected chi connectivity index (χ0v) is 17.3. The Bertz CT molecular complexity index is 956. The molecule has 2 atom stereocenters.